The lowest BCUT2D eigenvalue weighted by molar-refractivity contribution is 0.0945. The van der Waals surface area contributed by atoms with Crippen LogP contribution >= 0.6 is 11.6 Å². The Bertz CT molecular complexity index is 776. The van der Waals surface area contributed by atoms with Gasteiger partial charge in [0, 0.05) is 10.7 Å². The summed E-state index contributed by atoms with van der Waals surface area (Å²) in [7, 11) is 0. The van der Waals surface area contributed by atoms with Crippen LogP contribution in [0.15, 0.2) is 24.5 Å². The third kappa shape index (κ3) is 2.37. The van der Waals surface area contributed by atoms with Crippen molar-refractivity contribution in [2.45, 2.75) is 13.5 Å². The number of aromatic nitrogens is 4. The summed E-state index contributed by atoms with van der Waals surface area (Å²) in [6, 6.07) is 5.41. The molecule has 1 aromatic carbocycles. The molecule has 20 heavy (non-hydrogen) atoms. The molecule has 0 radical (unpaired) electrons. The second-order valence-corrected chi connectivity index (χ2v) is 4.84. The highest BCUT2D eigenvalue weighted by Gasteiger charge is 2.12. The van der Waals surface area contributed by atoms with Crippen molar-refractivity contribution >= 4 is 28.5 Å². The minimum atomic E-state index is -0.234. The number of aryl methyl sites for hydroxylation is 1. The molecule has 102 valence electrons. The number of rotatable bonds is 3. The largest absolute Gasteiger partial charge is 0.348 e. The van der Waals surface area contributed by atoms with E-state index in [1.165, 1.54) is 6.33 Å². The van der Waals surface area contributed by atoms with Crippen molar-refractivity contribution in [2.24, 2.45) is 0 Å². The van der Waals surface area contributed by atoms with Crippen LogP contribution in [0.1, 0.15) is 22.0 Å². The molecule has 0 aliphatic heterocycles. The van der Waals surface area contributed by atoms with E-state index in [-0.39, 0.29) is 5.91 Å². The SMILES string of the molecule is Cc1[nH]cnc1C(=O)NCc1nc2ccc(Cl)cc2[nH]1. The van der Waals surface area contributed by atoms with Gasteiger partial charge in [0.05, 0.1) is 23.9 Å². The quantitative estimate of drug-likeness (QED) is 0.691. The van der Waals surface area contributed by atoms with Crippen molar-refractivity contribution < 1.29 is 4.79 Å². The number of carbonyl (C=O) groups excluding carboxylic acids is 1. The van der Waals surface area contributed by atoms with Crippen LogP contribution in [0.2, 0.25) is 5.02 Å². The van der Waals surface area contributed by atoms with Crippen molar-refractivity contribution in [1.82, 2.24) is 25.3 Å². The summed E-state index contributed by atoms with van der Waals surface area (Å²) in [6.45, 7) is 2.10. The number of nitrogens with one attached hydrogen (secondary N) is 3. The average Bonchev–Trinajstić information content (AvgIpc) is 3.01. The number of hydrogen-bond acceptors (Lipinski definition) is 3. The molecule has 0 bridgehead atoms. The van der Waals surface area contributed by atoms with E-state index in [0.717, 1.165) is 16.7 Å². The molecule has 0 atom stereocenters. The molecule has 7 heteroatoms. The van der Waals surface area contributed by atoms with Crippen LogP contribution < -0.4 is 5.32 Å². The minimum absolute atomic E-state index is 0.234. The van der Waals surface area contributed by atoms with Crippen molar-refractivity contribution in [1.29, 1.82) is 0 Å². The van der Waals surface area contributed by atoms with E-state index in [2.05, 4.69) is 25.3 Å². The maximum Gasteiger partial charge on any atom is 0.272 e. The van der Waals surface area contributed by atoms with E-state index < -0.39 is 0 Å². The molecule has 6 nitrogen and oxygen atoms in total. The molecule has 3 N–H and O–H groups in total. The fourth-order valence-electron chi connectivity index (χ4n) is 1.95. The number of fused-ring (bicyclic) bond motifs is 1. The van der Waals surface area contributed by atoms with Crippen molar-refractivity contribution in [3.8, 4) is 0 Å². The van der Waals surface area contributed by atoms with E-state index in [1.54, 1.807) is 19.1 Å². The van der Waals surface area contributed by atoms with Gasteiger partial charge < -0.3 is 15.3 Å². The maximum absolute atomic E-state index is 11.9. The number of benzene rings is 1. The van der Waals surface area contributed by atoms with Gasteiger partial charge in [0.1, 0.15) is 11.5 Å². The molecule has 0 unspecified atom stereocenters. The van der Waals surface area contributed by atoms with Crippen LogP contribution in [0.4, 0.5) is 0 Å². The van der Waals surface area contributed by atoms with Gasteiger partial charge in [-0.05, 0) is 25.1 Å². The molecule has 1 amide bonds. The average molecular weight is 290 g/mol. The zero-order valence-electron chi connectivity index (χ0n) is 10.7. The number of imidazole rings is 2. The Hall–Kier alpha value is -2.34. The Labute approximate surface area is 119 Å². The molecule has 0 aliphatic rings. The van der Waals surface area contributed by atoms with Gasteiger partial charge in [0.2, 0.25) is 0 Å². The number of halogens is 1. The highest BCUT2D eigenvalue weighted by molar-refractivity contribution is 6.31. The van der Waals surface area contributed by atoms with Gasteiger partial charge in [0.15, 0.2) is 0 Å². The monoisotopic (exact) mass is 289 g/mol. The Morgan fingerprint density at radius 2 is 2.30 bits per heavy atom. The molecular weight excluding hydrogens is 278 g/mol. The topological polar surface area (TPSA) is 86.5 Å². The molecule has 3 rings (SSSR count). The van der Waals surface area contributed by atoms with E-state index in [4.69, 9.17) is 11.6 Å². The molecule has 0 saturated carbocycles. The lowest BCUT2D eigenvalue weighted by Crippen LogP contribution is -2.24. The Morgan fingerprint density at radius 1 is 1.45 bits per heavy atom. The first-order chi connectivity index (χ1) is 9.63. The van der Waals surface area contributed by atoms with Crippen LogP contribution in [0, 0.1) is 6.92 Å². The summed E-state index contributed by atoms with van der Waals surface area (Å²) in [5, 5.41) is 3.41. The van der Waals surface area contributed by atoms with Crippen LogP contribution in [-0.2, 0) is 6.54 Å². The third-order valence-corrected chi connectivity index (χ3v) is 3.19. The van der Waals surface area contributed by atoms with Gasteiger partial charge in [-0.15, -0.1) is 0 Å². The number of carbonyl (C=O) groups is 1. The smallest absolute Gasteiger partial charge is 0.272 e. The van der Waals surface area contributed by atoms with Gasteiger partial charge in [-0.25, -0.2) is 9.97 Å². The number of H-pyrrole nitrogens is 2. The zero-order valence-corrected chi connectivity index (χ0v) is 11.5. The minimum Gasteiger partial charge on any atom is -0.348 e. The second-order valence-electron chi connectivity index (χ2n) is 4.40. The van der Waals surface area contributed by atoms with Gasteiger partial charge in [-0.2, -0.15) is 0 Å². The van der Waals surface area contributed by atoms with Crippen molar-refractivity contribution in [2.75, 3.05) is 0 Å². The summed E-state index contributed by atoms with van der Waals surface area (Å²) < 4.78 is 0. The van der Waals surface area contributed by atoms with Crippen molar-refractivity contribution in [3.05, 3.63) is 46.8 Å². The van der Waals surface area contributed by atoms with Crippen LogP contribution in [0.5, 0.6) is 0 Å². The van der Waals surface area contributed by atoms with Crippen molar-refractivity contribution in [3.63, 3.8) is 0 Å². The highest BCUT2D eigenvalue weighted by atomic mass is 35.5. The summed E-state index contributed by atoms with van der Waals surface area (Å²) >= 11 is 5.91. The molecule has 2 aromatic heterocycles. The van der Waals surface area contributed by atoms with E-state index in [1.807, 2.05) is 6.07 Å². The fourth-order valence-corrected chi connectivity index (χ4v) is 2.13. The first kappa shape index (κ1) is 12.7. The molecular formula is C13H12ClN5O. The number of aromatic amines is 2. The zero-order chi connectivity index (χ0) is 14.1. The Kier molecular flexibility index (Phi) is 3.15. The molecule has 3 aromatic rings. The van der Waals surface area contributed by atoms with E-state index in [0.29, 0.717) is 23.1 Å². The predicted octanol–water partition coefficient (Wildman–Crippen LogP) is 2.18. The fraction of sp³-hybridized carbons (Fsp3) is 0.154. The third-order valence-electron chi connectivity index (χ3n) is 2.95. The maximum atomic E-state index is 11.9. The number of hydrogen-bond donors (Lipinski definition) is 3. The number of nitrogens with zero attached hydrogens (tertiary/aromatic N) is 2. The van der Waals surface area contributed by atoms with Crippen LogP contribution in [0.25, 0.3) is 11.0 Å². The van der Waals surface area contributed by atoms with Gasteiger partial charge in [0.25, 0.3) is 5.91 Å². The highest BCUT2D eigenvalue weighted by Crippen LogP contribution is 2.17. The Morgan fingerprint density at radius 3 is 3.05 bits per heavy atom. The first-order valence-electron chi connectivity index (χ1n) is 6.06. The van der Waals surface area contributed by atoms with E-state index >= 15 is 0 Å². The summed E-state index contributed by atoms with van der Waals surface area (Å²) in [5.41, 5.74) is 2.79. The van der Waals surface area contributed by atoms with Crippen LogP contribution in [0.3, 0.4) is 0 Å². The van der Waals surface area contributed by atoms with E-state index in [9.17, 15) is 4.79 Å². The predicted molar refractivity (Wildman–Crippen MR) is 75.6 cm³/mol. The van der Waals surface area contributed by atoms with Gasteiger partial charge in [-0.3, -0.25) is 4.79 Å². The summed E-state index contributed by atoms with van der Waals surface area (Å²) in [6.07, 6.45) is 1.49. The molecule has 0 fully saturated rings. The lowest BCUT2D eigenvalue weighted by atomic mass is 10.3. The molecule has 0 spiro atoms. The number of amides is 1. The van der Waals surface area contributed by atoms with Crippen LogP contribution in [-0.4, -0.2) is 25.8 Å². The normalized spacial score (nSPS) is 10.9. The van der Waals surface area contributed by atoms with Gasteiger partial charge in [-0.1, -0.05) is 11.6 Å². The second kappa shape index (κ2) is 4.97. The molecule has 0 aliphatic carbocycles. The molecule has 2 heterocycles. The first-order valence-corrected chi connectivity index (χ1v) is 6.43. The van der Waals surface area contributed by atoms with Gasteiger partial charge >= 0.3 is 0 Å². The Balaban J connectivity index is 1.74. The summed E-state index contributed by atoms with van der Waals surface area (Å²) in [5.74, 6) is 0.436. The summed E-state index contributed by atoms with van der Waals surface area (Å²) in [4.78, 5) is 26.2. The molecule has 0 saturated heterocycles. The lowest BCUT2D eigenvalue weighted by Gasteiger charge is -2.01. The standard InChI is InChI=1S/C13H12ClN5O/c1-7-12(17-6-16-7)13(20)15-5-11-18-9-3-2-8(14)4-10(9)19-11/h2-4,6H,5H2,1H3,(H,15,20)(H,16,17)(H,18,19).